The van der Waals surface area contributed by atoms with Crippen LogP contribution in [0.15, 0.2) is 22.7 Å². The van der Waals surface area contributed by atoms with Crippen molar-refractivity contribution in [2.75, 3.05) is 29.4 Å². The highest BCUT2D eigenvalue weighted by Gasteiger charge is 2.29. The molecule has 2 aromatic rings. The third kappa shape index (κ3) is 3.28. The average Bonchev–Trinajstić information content (AvgIpc) is 2.98. The summed E-state index contributed by atoms with van der Waals surface area (Å²) in [6.07, 6.45) is 1.25. The van der Waals surface area contributed by atoms with Gasteiger partial charge in [-0.25, -0.2) is 9.37 Å². The van der Waals surface area contributed by atoms with E-state index in [0.717, 1.165) is 25.5 Å². The number of anilines is 2. The van der Waals surface area contributed by atoms with Gasteiger partial charge < -0.3 is 14.2 Å². The number of aromatic nitrogens is 3. The van der Waals surface area contributed by atoms with Crippen LogP contribution in [-0.4, -0.2) is 40.9 Å². The molecule has 0 bridgehead atoms. The van der Waals surface area contributed by atoms with Crippen LogP contribution < -0.4 is 9.80 Å². The zero-order chi connectivity index (χ0) is 16.6. The SMILES string of the molecule is CC1CN(c2nnc(C(C)(C)C)o2)CCN1c1ccc(F)cn1. The second kappa shape index (κ2) is 5.79. The van der Waals surface area contributed by atoms with Gasteiger partial charge in [0.2, 0.25) is 5.89 Å². The minimum absolute atomic E-state index is 0.156. The molecule has 1 atom stereocenters. The molecule has 0 amide bonds. The fraction of sp³-hybridized carbons (Fsp3) is 0.562. The summed E-state index contributed by atoms with van der Waals surface area (Å²) < 4.78 is 18.8. The molecule has 3 heterocycles. The lowest BCUT2D eigenvalue weighted by molar-refractivity contribution is 0.385. The van der Waals surface area contributed by atoms with E-state index in [4.69, 9.17) is 4.42 Å². The second-order valence-electron chi connectivity index (χ2n) is 6.96. The van der Waals surface area contributed by atoms with Crippen molar-refractivity contribution in [2.45, 2.75) is 39.2 Å². The normalized spacial score (nSPS) is 19.3. The van der Waals surface area contributed by atoms with E-state index in [1.807, 2.05) is 20.8 Å². The van der Waals surface area contributed by atoms with Crippen LogP contribution in [0.25, 0.3) is 0 Å². The van der Waals surface area contributed by atoms with Gasteiger partial charge in [-0.05, 0) is 19.1 Å². The summed E-state index contributed by atoms with van der Waals surface area (Å²) in [5.74, 6) is 1.11. The van der Waals surface area contributed by atoms with Crippen molar-refractivity contribution in [3.63, 3.8) is 0 Å². The lowest BCUT2D eigenvalue weighted by Gasteiger charge is -2.39. The zero-order valence-electron chi connectivity index (χ0n) is 14.0. The van der Waals surface area contributed by atoms with Crippen LogP contribution in [0.3, 0.4) is 0 Å². The number of piperazine rings is 1. The molecule has 3 rings (SSSR count). The molecule has 0 N–H and O–H groups in total. The van der Waals surface area contributed by atoms with Gasteiger partial charge in [0.1, 0.15) is 11.6 Å². The molecule has 1 fully saturated rings. The highest BCUT2D eigenvalue weighted by molar-refractivity contribution is 5.43. The Hall–Kier alpha value is -2.18. The van der Waals surface area contributed by atoms with Gasteiger partial charge in [0.05, 0.1) is 6.20 Å². The van der Waals surface area contributed by atoms with Crippen LogP contribution in [0.5, 0.6) is 0 Å². The van der Waals surface area contributed by atoms with Crippen LogP contribution >= 0.6 is 0 Å². The third-order valence-corrected chi connectivity index (χ3v) is 3.96. The van der Waals surface area contributed by atoms with Crippen LogP contribution in [-0.2, 0) is 5.41 Å². The van der Waals surface area contributed by atoms with Crippen molar-refractivity contribution in [2.24, 2.45) is 0 Å². The van der Waals surface area contributed by atoms with Crippen LogP contribution in [0, 0.1) is 5.82 Å². The van der Waals surface area contributed by atoms with Crippen molar-refractivity contribution in [1.82, 2.24) is 15.2 Å². The summed E-state index contributed by atoms with van der Waals surface area (Å²) >= 11 is 0. The molecule has 23 heavy (non-hydrogen) atoms. The van der Waals surface area contributed by atoms with E-state index in [-0.39, 0.29) is 17.3 Å². The quantitative estimate of drug-likeness (QED) is 0.848. The number of hydrogen-bond acceptors (Lipinski definition) is 6. The summed E-state index contributed by atoms with van der Waals surface area (Å²) in [7, 11) is 0. The predicted octanol–water partition coefficient (Wildman–Crippen LogP) is 2.62. The van der Waals surface area contributed by atoms with E-state index in [0.29, 0.717) is 11.9 Å². The molecule has 1 aliphatic rings. The molecule has 0 radical (unpaired) electrons. The van der Waals surface area contributed by atoms with Gasteiger partial charge in [0, 0.05) is 31.1 Å². The Balaban J connectivity index is 1.71. The maximum Gasteiger partial charge on any atom is 0.318 e. The molecule has 1 unspecified atom stereocenters. The van der Waals surface area contributed by atoms with Gasteiger partial charge in [-0.3, -0.25) is 0 Å². The summed E-state index contributed by atoms with van der Waals surface area (Å²) in [6, 6.07) is 3.93. The van der Waals surface area contributed by atoms with Gasteiger partial charge >= 0.3 is 6.01 Å². The number of nitrogens with zero attached hydrogens (tertiary/aromatic N) is 5. The molecular formula is C16H22FN5O. The predicted molar refractivity (Wildman–Crippen MR) is 86.2 cm³/mol. The van der Waals surface area contributed by atoms with Gasteiger partial charge in [-0.2, -0.15) is 0 Å². The van der Waals surface area contributed by atoms with Crippen molar-refractivity contribution in [3.05, 3.63) is 30.0 Å². The van der Waals surface area contributed by atoms with Crippen molar-refractivity contribution in [3.8, 4) is 0 Å². The Labute approximate surface area is 135 Å². The highest BCUT2D eigenvalue weighted by Crippen LogP contribution is 2.26. The third-order valence-electron chi connectivity index (χ3n) is 3.96. The summed E-state index contributed by atoms with van der Waals surface area (Å²) in [4.78, 5) is 8.42. The Kier molecular flexibility index (Phi) is 3.95. The fourth-order valence-corrected chi connectivity index (χ4v) is 2.66. The molecule has 0 spiro atoms. The Morgan fingerprint density at radius 3 is 2.57 bits per heavy atom. The largest absolute Gasteiger partial charge is 0.407 e. The van der Waals surface area contributed by atoms with Crippen LogP contribution in [0.1, 0.15) is 33.6 Å². The molecule has 2 aromatic heterocycles. The van der Waals surface area contributed by atoms with Crippen molar-refractivity contribution in [1.29, 1.82) is 0 Å². The molecule has 6 nitrogen and oxygen atoms in total. The Morgan fingerprint density at radius 2 is 2.00 bits per heavy atom. The summed E-state index contributed by atoms with van der Waals surface area (Å²) in [5, 5.41) is 8.32. The monoisotopic (exact) mass is 319 g/mol. The summed E-state index contributed by atoms with van der Waals surface area (Å²) in [5.41, 5.74) is -0.156. The van der Waals surface area contributed by atoms with Gasteiger partial charge in [-0.15, -0.1) is 5.10 Å². The highest BCUT2D eigenvalue weighted by atomic mass is 19.1. The molecule has 1 saturated heterocycles. The fourth-order valence-electron chi connectivity index (χ4n) is 2.66. The standard InChI is InChI=1S/C16H22FN5O/c1-11-10-21(15-20-19-14(23-15)16(2,3)4)7-8-22(11)13-6-5-12(17)9-18-13/h5-6,9,11H,7-8,10H2,1-4H3. The first kappa shape index (κ1) is 15.7. The number of halogens is 1. The van der Waals surface area contributed by atoms with Crippen molar-refractivity contribution >= 4 is 11.8 Å². The van der Waals surface area contributed by atoms with E-state index >= 15 is 0 Å². The van der Waals surface area contributed by atoms with E-state index in [1.54, 1.807) is 6.07 Å². The zero-order valence-corrected chi connectivity index (χ0v) is 14.0. The second-order valence-corrected chi connectivity index (χ2v) is 6.96. The molecule has 124 valence electrons. The van der Waals surface area contributed by atoms with E-state index in [1.165, 1.54) is 12.3 Å². The topological polar surface area (TPSA) is 58.3 Å². The molecule has 0 aromatic carbocycles. The maximum absolute atomic E-state index is 13.0. The number of pyridine rings is 1. The van der Waals surface area contributed by atoms with Gasteiger partial charge in [-0.1, -0.05) is 25.9 Å². The summed E-state index contributed by atoms with van der Waals surface area (Å²) in [6.45, 7) is 10.5. The first-order chi connectivity index (χ1) is 10.8. The van der Waals surface area contributed by atoms with Crippen LogP contribution in [0.4, 0.5) is 16.2 Å². The molecule has 0 aliphatic carbocycles. The molecular weight excluding hydrogens is 297 g/mol. The molecule has 1 aliphatic heterocycles. The van der Waals surface area contributed by atoms with E-state index < -0.39 is 0 Å². The molecule has 7 heteroatoms. The van der Waals surface area contributed by atoms with Gasteiger partial charge in [0.25, 0.3) is 0 Å². The average molecular weight is 319 g/mol. The minimum Gasteiger partial charge on any atom is -0.407 e. The lowest BCUT2D eigenvalue weighted by atomic mass is 9.97. The smallest absolute Gasteiger partial charge is 0.318 e. The minimum atomic E-state index is -0.319. The van der Waals surface area contributed by atoms with Crippen LogP contribution in [0.2, 0.25) is 0 Å². The van der Waals surface area contributed by atoms with Crippen molar-refractivity contribution < 1.29 is 8.81 Å². The van der Waals surface area contributed by atoms with E-state index in [9.17, 15) is 4.39 Å². The maximum atomic E-state index is 13.0. The lowest BCUT2D eigenvalue weighted by Crippen LogP contribution is -2.52. The molecule has 0 saturated carbocycles. The Bertz CT molecular complexity index is 664. The first-order valence-electron chi connectivity index (χ1n) is 7.82. The Morgan fingerprint density at radius 1 is 1.22 bits per heavy atom. The van der Waals surface area contributed by atoms with Gasteiger partial charge in [0.15, 0.2) is 0 Å². The van der Waals surface area contributed by atoms with E-state index in [2.05, 4.69) is 31.9 Å². The number of rotatable bonds is 2. The first-order valence-corrected chi connectivity index (χ1v) is 7.82. The number of hydrogen-bond donors (Lipinski definition) is 0.